The highest BCUT2D eigenvalue weighted by molar-refractivity contribution is 14.1. The highest BCUT2D eigenvalue weighted by Gasteiger charge is 2.14. The molecule has 1 fully saturated rings. The Bertz CT molecular complexity index is 1460. The molecule has 6 rings (SSSR count). The van der Waals surface area contributed by atoms with Crippen LogP contribution in [0.1, 0.15) is 5.56 Å². The fourth-order valence-electron chi connectivity index (χ4n) is 4.62. The number of hydrogen-bond donors (Lipinski definition) is 2. The Morgan fingerprint density at radius 3 is 2.59 bits per heavy atom. The number of fused-ring (bicyclic) bond motifs is 2. The van der Waals surface area contributed by atoms with E-state index in [1.165, 1.54) is 11.3 Å². The smallest absolute Gasteiger partial charge is 0.162 e. The van der Waals surface area contributed by atoms with Crippen molar-refractivity contribution in [1.29, 1.82) is 0 Å². The minimum Gasteiger partial charge on any atom is -0.369 e. The van der Waals surface area contributed by atoms with E-state index in [1.54, 1.807) is 0 Å². The maximum atomic E-state index is 4.81. The van der Waals surface area contributed by atoms with E-state index in [2.05, 4.69) is 95.4 Å². The predicted molar refractivity (Wildman–Crippen MR) is 145 cm³/mol. The maximum absolute atomic E-state index is 4.81. The van der Waals surface area contributed by atoms with Gasteiger partial charge in [-0.25, -0.2) is 9.50 Å². The van der Waals surface area contributed by atoms with Crippen molar-refractivity contribution in [3.05, 3.63) is 78.9 Å². The van der Waals surface area contributed by atoms with Gasteiger partial charge >= 0.3 is 0 Å². The van der Waals surface area contributed by atoms with E-state index in [1.807, 2.05) is 29.2 Å². The third kappa shape index (κ3) is 4.02. The zero-order valence-electron chi connectivity index (χ0n) is 18.6. The first-order chi connectivity index (χ1) is 16.8. The van der Waals surface area contributed by atoms with Gasteiger partial charge in [0.25, 0.3) is 0 Å². The fourth-order valence-corrected chi connectivity index (χ4v) is 5.06. The number of pyridine rings is 1. The minimum atomic E-state index is 0.805. The molecule has 0 atom stereocenters. The number of benzene rings is 2. The van der Waals surface area contributed by atoms with E-state index in [0.29, 0.717) is 0 Å². The van der Waals surface area contributed by atoms with Crippen LogP contribution in [0.5, 0.6) is 0 Å². The molecule has 1 aliphatic rings. The summed E-state index contributed by atoms with van der Waals surface area (Å²) in [5.41, 5.74) is 8.57. The van der Waals surface area contributed by atoms with Crippen molar-refractivity contribution in [1.82, 2.24) is 28.4 Å². The molecule has 0 spiro atoms. The third-order valence-corrected chi connectivity index (χ3v) is 6.79. The van der Waals surface area contributed by atoms with Gasteiger partial charge in [0.15, 0.2) is 5.65 Å². The van der Waals surface area contributed by atoms with Gasteiger partial charge in [-0.3, -0.25) is 8.51 Å². The van der Waals surface area contributed by atoms with Crippen LogP contribution in [0, 0.1) is 0 Å². The molecule has 170 valence electrons. The van der Waals surface area contributed by atoms with Crippen molar-refractivity contribution < 1.29 is 0 Å². The van der Waals surface area contributed by atoms with Crippen LogP contribution in [0.3, 0.4) is 0 Å². The summed E-state index contributed by atoms with van der Waals surface area (Å²) in [7, 11) is 0. The molecule has 0 bridgehead atoms. The Morgan fingerprint density at radius 1 is 0.912 bits per heavy atom. The van der Waals surface area contributed by atoms with Gasteiger partial charge in [0, 0.05) is 96.4 Å². The SMILES string of the molecule is INCc1ccc2c(-c3cnn4cc(-c5ccc(N6CCNCC6)cc5)cnc34)ccnc2c1. The standard InChI is InChI=1S/C26H24IN7/c27-31-14-18-1-6-23-22(7-8-29-25(23)13-18)24-16-32-34-17-20(15-30-26(24)34)19-2-4-21(5-3-19)33-11-9-28-10-12-33/h1-8,13,15-17,28,31H,9-12,14H2. The first-order valence-corrected chi connectivity index (χ1v) is 12.5. The molecule has 34 heavy (non-hydrogen) atoms. The highest BCUT2D eigenvalue weighted by atomic mass is 127. The molecular weight excluding hydrogens is 537 g/mol. The summed E-state index contributed by atoms with van der Waals surface area (Å²) in [6, 6.07) is 17.2. The Labute approximate surface area is 211 Å². The number of nitrogens with zero attached hydrogens (tertiary/aromatic N) is 5. The Balaban J connectivity index is 1.33. The normalized spacial score (nSPS) is 14.2. The van der Waals surface area contributed by atoms with Crippen LogP contribution in [0.4, 0.5) is 5.69 Å². The number of rotatable bonds is 5. The lowest BCUT2D eigenvalue weighted by atomic mass is 10.0. The topological polar surface area (TPSA) is 70.4 Å². The molecule has 4 heterocycles. The van der Waals surface area contributed by atoms with Crippen LogP contribution in [0.2, 0.25) is 0 Å². The van der Waals surface area contributed by atoms with Crippen LogP contribution in [0.15, 0.2) is 73.3 Å². The molecule has 0 aliphatic carbocycles. The lowest BCUT2D eigenvalue weighted by molar-refractivity contribution is 0.589. The maximum Gasteiger partial charge on any atom is 0.162 e. The second-order valence-electron chi connectivity index (χ2n) is 8.47. The molecule has 0 unspecified atom stereocenters. The number of nitrogens with one attached hydrogen (secondary N) is 2. The highest BCUT2D eigenvalue weighted by Crippen LogP contribution is 2.31. The van der Waals surface area contributed by atoms with E-state index in [4.69, 9.17) is 4.98 Å². The fraction of sp³-hybridized carbons (Fsp3) is 0.192. The first-order valence-electron chi connectivity index (χ1n) is 11.4. The number of hydrogen-bond acceptors (Lipinski definition) is 6. The van der Waals surface area contributed by atoms with Crippen LogP contribution >= 0.6 is 22.9 Å². The molecule has 1 aliphatic heterocycles. The molecule has 8 heteroatoms. The molecule has 1 saturated heterocycles. The van der Waals surface area contributed by atoms with Crippen molar-refractivity contribution in [3.8, 4) is 22.3 Å². The minimum absolute atomic E-state index is 0.805. The van der Waals surface area contributed by atoms with E-state index < -0.39 is 0 Å². The monoisotopic (exact) mass is 561 g/mol. The quantitative estimate of drug-likeness (QED) is 0.244. The van der Waals surface area contributed by atoms with Crippen molar-refractivity contribution in [3.63, 3.8) is 0 Å². The molecule has 0 amide bonds. The molecule has 5 aromatic rings. The summed E-state index contributed by atoms with van der Waals surface area (Å²) in [5, 5.41) is 9.14. The average molecular weight is 561 g/mol. The zero-order valence-corrected chi connectivity index (χ0v) is 20.7. The van der Waals surface area contributed by atoms with Crippen molar-refractivity contribution in [2.24, 2.45) is 0 Å². The molecular formula is C26H24IN7. The van der Waals surface area contributed by atoms with Gasteiger partial charge in [-0.2, -0.15) is 5.10 Å². The van der Waals surface area contributed by atoms with Crippen molar-refractivity contribution in [2.45, 2.75) is 6.54 Å². The molecule has 2 N–H and O–H groups in total. The van der Waals surface area contributed by atoms with E-state index in [9.17, 15) is 0 Å². The number of piperazine rings is 1. The lowest BCUT2D eigenvalue weighted by Crippen LogP contribution is -2.43. The number of aromatic nitrogens is 4. The largest absolute Gasteiger partial charge is 0.369 e. The van der Waals surface area contributed by atoms with Crippen LogP contribution < -0.4 is 13.7 Å². The van der Waals surface area contributed by atoms with Gasteiger partial charge in [-0.1, -0.05) is 24.3 Å². The predicted octanol–water partition coefficient (Wildman–Crippen LogP) is 4.46. The van der Waals surface area contributed by atoms with Crippen molar-refractivity contribution in [2.75, 3.05) is 31.1 Å². The average Bonchev–Trinajstić information content (AvgIpc) is 3.32. The van der Waals surface area contributed by atoms with E-state index in [-0.39, 0.29) is 0 Å². The van der Waals surface area contributed by atoms with Gasteiger partial charge in [0.1, 0.15) is 0 Å². The summed E-state index contributed by atoms with van der Waals surface area (Å²) in [4.78, 5) is 11.8. The zero-order chi connectivity index (χ0) is 22.9. The summed E-state index contributed by atoms with van der Waals surface area (Å²) in [6.07, 6.45) is 7.75. The molecule has 7 nitrogen and oxygen atoms in total. The van der Waals surface area contributed by atoms with Gasteiger partial charge in [0.2, 0.25) is 0 Å². The van der Waals surface area contributed by atoms with Crippen molar-refractivity contribution >= 4 is 45.1 Å². The molecule has 3 aromatic heterocycles. The molecule has 2 aromatic carbocycles. The second-order valence-corrected chi connectivity index (χ2v) is 9.24. The Kier molecular flexibility index (Phi) is 5.86. The second kappa shape index (κ2) is 9.28. The molecule has 0 radical (unpaired) electrons. The summed E-state index contributed by atoms with van der Waals surface area (Å²) in [5.74, 6) is 0. The van der Waals surface area contributed by atoms with Crippen LogP contribution in [-0.2, 0) is 6.54 Å². The Hall–Kier alpha value is -3.08. The van der Waals surface area contributed by atoms with Crippen LogP contribution in [-0.4, -0.2) is 45.8 Å². The molecule has 0 saturated carbocycles. The lowest BCUT2D eigenvalue weighted by Gasteiger charge is -2.29. The number of anilines is 1. The summed E-state index contributed by atoms with van der Waals surface area (Å²) >= 11 is 2.16. The first kappa shape index (κ1) is 21.5. The third-order valence-electron chi connectivity index (χ3n) is 6.41. The van der Waals surface area contributed by atoms with Gasteiger partial charge in [0.05, 0.1) is 11.7 Å². The Morgan fingerprint density at radius 2 is 1.76 bits per heavy atom. The van der Waals surface area contributed by atoms with E-state index in [0.717, 1.165) is 71.5 Å². The van der Waals surface area contributed by atoms with Crippen LogP contribution in [0.25, 0.3) is 38.8 Å². The summed E-state index contributed by atoms with van der Waals surface area (Å²) in [6.45, 7) is 4.97. The summed E-state index contributed by atoms with van der Waals surface area (Å²) < 4.78 is 5.04. The van der Waals surface area contributed by atoms with Gasteiger partial charge < -0.3 is 10.2 Å². The van der Waals surface area contributed by atoms with Gasteiger partial charge in [-0.05, 0) is 41.0 Å². The van der Waals surface area contributed by atoms with E-state index >= 15 is 0 Å². The van der Waals surface area contributed by atoms with Gasteiger partial charge in [-0.15, -0.1) is 0 Å². The number of halogens is 1.